The van der Waals surface area contributed by atoms with Gasteiger partial charge in [0.1, 0.15) is 0 Å². The molecule has 4 nitrogen and oxygen atoms in total. The largest absolute Gasteiger partial charge is 0.324 e. The highest BCUT2D eigenvalue weighted by molar-refractivity contribution is 8.12. The maximum absolute atomic E-state index is 11.4. The minimum absolute atomic E-state index is 0.198. The molecule has 0 radical (unpaired) electrons. The third-order valence-electron chi connectivity index (χ3n) is 4.71. The number of halogens is 1. The first-order chi connectivity index (χ1) is 8.60. The molecule has 0 N–H and O–H groups in total. The summed E-state index contributed by atoms with van der Waals surface area (Å²) in [6, 6.07) is -0.198. The lowest BCUT2D eigenvalue weighted by atomic mass is 9.67. The maximum atomic E-state index is 11.4. The van der Waals surface area contributed by atoms with Crippen LogP contribution in [0.25, 0.3) is 0 Å². The summed E-state index contributed by atoms with van der Waals surface area (Å²) in [6.45, 7) is 6.75. The quantitative estimate of drug-likeness (QED) is 0.582. The van der Waals surface area contributed by atoms with Gasteiger partial charge in [-0.3, -0.25) is 4.79 Å². The van der Waals surface area contributed by atoms with E-state index < -0.39 is 9.24 Å². The minimum atomic E-state index is -3.90. The third-order valence-corrected chi connectivity index (χ3v) is 6.10. The SMILES string of the molecule is CC(C)(C)C1CCC(C2CC(=O)N2S(=O)(=O)Cl)CC1. The number of nitrogens with zero attached hydrogens (tertiary/aromatic N) is 1. The average molecular weight is 308 g/mol. The molecule has 0 spiro atoms. The summed E-state index contributed by atoms with van der Waals surface area (Å²) in [7, 11) is 1.42. The van der Waals surface area contributed by atoms with E-state index in [1.165, 1.54) is 0 Å². The second-order valence-corrected chi connectivity index (χ2v) is 9.27. The highest BCUT2D eigenvalue weighted by atomic mass is 35.7. The van der Waals surface area contributed by atoms with Gasteiger partial charge in [-0.2, -0.15) is 8.42 Å². The first-order valence-electron chi connectivity index (χ1n) is 6.87. The van der Waals surface area contributed by atoms with E-state index in [4.69, 9.17) is 10.7 Å². The molecule has 1 heterocycles. The Morgan fingerprint density at radius 1 is 1.16 bits per heavy atom. The Balaban J connectivity index is 1.98. The van der Waals surface area contributed by atoms with Gasteiger partial charge in [-0.05, 0) is 42.9 Å². The van der Waals surface area contributed by atoms with Crippen LogP contribution in [-0.4, -0.2) is 24.7 Å². The molecule has 1 saturated heterocycles. The molecule has 6 heteroatoms. The summed E-state index contributed by atoms with van der Waals surface area (Å²) in [5, 5.41) is 0. The summed E-state index contributed by atoms with van der Waals surface area (Å²) in [5.41, 5.74) is 0.304. The van der Waals surface area contributed by atoms with Gasteiger partial charge in [-0.25, -0.2) is 4.31 Å². The Bertz CT molecular complexity index is 461. The van der Waals surface area contributed by atoms with Crippen LogP contribution in [0.4, 0.5) is 0 Å². The summed E-state index contributed by atoms with van der Waals surface area (Å²) in [4.78, 5) is 11.4. The highest BCUT2D eigenvalue weighted by Gasteiger charge is 2.48. The van der Waals surface area contributed by atoms with Crippen molar-refractivity contribution < 1.29 is 13.2 Å². The molecule has 2 fully saturated rings. The predicted molar refractivity (Wildman–Crippen MR) is 74.9 cm³/mol. The van der Waals surface area contributed by atoms with Crippen molar-refractivity contribution in [2.24, 2.45) is 17.3 Å². The molecule has 19 heavy (non-hydrogen) atoms. The summed E-state index contributed by atoms with van der Waals surface area (Å²) < 4.78 is 23.6. The Morgan fingerprint density at radius 2 is 1.68 bits per heavy atom. The maximum Gasteiger partial charge on any atom is 0.324 e. The van der Waals surface area contributed by atoms with E-state index in [0.29, 0.717) is 17.8 Å². The van der Waals surface area contributed by atoms with E-state index in [1.807, 2.05) is 0 Å². The van der Waals surface area contributed by atoms with Gasteiger partial charge in [0.15, 0.2) is 0 Å². The number of amides is 1. The smallest absolute Gasteiger partial charge is 0.274 e. The zero-order chi connectivity index (χ0) is 14.4. The number of carbonyl (C=O) groups excluding carboxylic acids is 1. The van der Waals surface area contributed by atoms with Gasteiger partial charge >= 0.3 is 9.24 Å². The van der Waals surface area contributed by atoms with Crippen molar-refractivity contribution >= 4 is 25.8 Å². The number of carbonyl (C=O) groups is 1. The molecule has 1 aliphatic carbocycles. The lowest BCUT2D eigenvalue weighted by molar-refractivity contribution is -0.140. The Morgan fingerprint density at radius 3 is 2.05 bits per heavy atom. The lowest BCUT2D eigenvalue weighted by Gasteiger charge is -2.46. The Kier molecular flexibility index (Phi) is 3.91. The molecule has 2 aliphatic rings. The van der Waals surface area contributed by atoms with Crippen LogP contribution in [0.5, 0.6) is 0 Å². The molecule has 1 saturated carbocycles. The summed E-state index contributed by atoms with van der Waals surface area (Å²) in [6.07, 6.45) is 4.52. The Labute approximate surface area is 120 Å². The fourth-order valence-electron chi connectivity index (χ4n) is 3.44. The Hall–Kier alpha value is -0.290. The molecule has 0 aromatic carbocycles. The molecular formula is C13H22ClNO3S. The van der Waals surface area contributed by atoms with Crippen molar-refractivity contribution in [1.29, 1.82) is 0 Å². The number of rotatable bonds is 2. The zero-order valence-corrected chi connectivity index (χ0v) is 13.3. The number of hydrogen-bond acceptors (Lipinski definition) is 3. The standard InChI is InChI=1S/C13H22ClNO3S/c1-13(2,3)10-6-4-9(5-7-10)11-8-12(16)15(11)19(14,17)18/h9-11H,4-8H2,1-3H3. The predicted octanol–water partition coefficient (Wildman–Crippen LogP) is 2.92. The second kappa shape index (κ2) is 4.92. The molecular weight excluding hydrogens is 286 g/mol. The van der Waals surface area contributed by atoms with Gasteiger partial charge in [0.25, 0.3) is 0 Å². The van der Waals surface area contributed by atoms with Crippen LogP contribution in [0.15, 0.2) is 0 Å². The van der Waals surface area contributed by atoms with Gasteiger partial charge in [0.2, 0.25) is 5.91 Å². The second-order valence-electron chi connectivity index (χ2n) is 6.88. The van der Waals surface area contributed by atoms with E-state index in [9.17, 15) is 13.2 Å². The summed E-state index contributed by atoms with van der Waals surface area (Å²) in [5.74, 6) is 0.600. The van der Waals surface area contributed by atoms with E-state index in [1.54, 1.807) is 0 Å². The van der Waals surface area contributed by atoms with Crippen molar-refractivity contribution in [3.05, 3.63) is 0 Å². The van der Waals surface area contributed by atoms with Crippen LogP contribution >= 0.6 is 10.7 Å². The van der Waals surface area contributed by atoms with Crippen LogP contribution in [0, 0.1) is 17.3 Å². The van der Waals surface area contributed by atoms with Crippen LogP contribution in [0.1, 0.15) is 52.9 Å². The van der Waals surface area contributed by atoms with Crippen molar-refractivity contribution in [1.82, 2.24) is 4.31 Å². The molecule has 2 rings (SSSR count). The van der Waals surface area contributed by atoms with Gasteiger partial charge in [-0.1, -0.05) is 20.8 Å². The monoisotopic (exact) mass is 307 g/mol. The van der Waals surface area contributed by atoms with Crippen molar-refractivity contribution in [2.45, 2.75) is 58.9 Å². The van der Waals surface area contributed by atoms with E-state index in [0.717, 1.165) is 30.0 Å². The van der Waals surface area contributed by atoms with Crippen molar-refractivity contribution in [2.75, 3.05) is 0 Å². The van der Waals surface area contributed by atoms with Crippen LogP contribution in [0.2, 0.25) is 0 Å². The first kappa shape index (κ1) is 15.1. The van der Waals surface area contributed by atoms with Crippen molar-refractivity contribution in [3.8, 4) is 0 Å². The lowest BCUT2D eigenvalue weighted by Crippen LogP contribution is -2.57. The van der Waals surface area contributed by atoms with E-state index >= 15 is 0 Å². The third kappa shape index (κ3) is 3.07. The van der Waals surface area contributed by atoms with Crippen LogP contribution < -0.4 is 0 Å². The molecule has 0 aromatic heterocycles. The average Bonchev–Trinajstić information content (AvgIpc) is 2.22. The van der Waals surface area contributed by atoms with Crippen LogP contribution in [0.3, 0.4) is 0 Å². The topological polar surface area (TPSA) is 54.5 Å². The molecule has 0 bridgehead atoms. The van der Waals surface area contributed by atoms with Crippen molar-refractivity contribution in [3.63, 3.8) is 0 Å². The fraction of sp³-hybridized carbons (Fsp3) is 0.923. The van der Waals surface area contributed by atoms with Gasteiger partial charge in [0, 0.05) is 17.1 Å². The molecule has 1 atom stereocenters. The molecule has 0 aromatic rings. The molecule has 110 valence electrons. The van der Waals surface area contributed by atoms with E-state index in [-0.39, 0.29) is 17.9 Å². The van der Waals surface area contributed by atoms with Crippen LogP contribution in [-0.2, 0) is 14.0 Å². The van der Waals surface area contributed by atoms with Gasteiger partial charge in [0.05, 0.1) is 6.04 Å². The van der Waals surface area contributed by atoms with E-state index in [2.05, 4.69) is 20.8 Å². The molecule has 1 unspecified atom stereocenters. The first-order valence-corrected chi connectivity index (χ1v) is 9.14. The number of hydrogen-bond donors (Lipinski definition) is 0. The molecule has 1 amide bonds. The normalized spacial score (nSPS) is 33.2. The zero-order valence-electron chi connectivity index (χ0n) is 11.7. The minimum Gasteiger partial charge on any atom is -0.274 e. The number of β-lactam (4-membered cyclic amide) rings is 1. The highest BCUT2D eigenvalue weighted by Crippen LogP contribution is 2.44. The summed E-state index contributed by atoms with van der Waals surface area (Å²) >= 11 is 0. The van der Waals surface area contributed by atoms with Gasteiger partial charge < -0.3 is 0 Å². The fourth-order valence-corrected chi connectivity index (χ4v) is 4.86. The molecule has 1 aliphatic heterocycles. The van der Waals surface area contributed by atoms with Gasteiger partial charge in [-0.15, -0.1) is 0 Å².